The summed E-state index contributed by atoms with van der Waals surface area (Å²) in [5, 5.41) is 8.60. The number of aromatic nitrogens is 6. The Morgan fingerprint density at radius 3 is 3.00 bits per heavy atom. The zero-order valence-electron chi connectivity index (χ0n) is 16.7. The Kier molecular flexibility index (Phi) is 3.62. The third-order valence-electron chi connectivity index (χ3n) is 6.45. The Hall–Kier alpha value is -3.49. The van der Waals surface area contributed by atoms with Crippen LogP contribution in [0.2, 0.25) is 0 Å². The number of fused-ring (bicyclic) bond motifs is 2. The lowest BCUT2D eigenvalue weighted by Crippen LogP contribution is -2.59. The molecule has 1 amide bonds. The molecule has 4 aromatic rings. The first-order valence-corrected chi connectivity index (χ1v) is 10.3. The van der Waals surface area contributed by atoms with Crippen molar-refractivity contribution in [3.8, 4) is 11.1 Å². The number of nitrogens with zero attached hydrogens (tertiary/aromatic N) is 6. The molecule has 9 nitrogen and oxygen atoms in total. The molecule has 2 fully saturated rings. The van der Waals surface area contributed by atoms with Gasteiger partial charge in [-0.15, -0.1) is 0 Å². The maximum absolute atomic E-state index is 12.1. The third-order valence-corrected chi connectivity index (χ3v) is 6.45. The van der Waals surface area contributed by atoms with Crippen LogP contribution in [0.15, 0.2) is 37.1 Å². The van der Waals surface area contributed by atoms with Crippen molar-refractivity contribution in [1.82, 2.24) is 34.4 Å². The molecule has 6 rings (SSSR count). The summed E-state index contributed by atoms with van der Waals surface area (Å²) in [5.74, 6) is 0.902. The van der Waals surface area contributed by atoms with Crippen LogP contribution in [0.5, 0.6) is 0 Å². The number of anilines is 1. The smallest absolute Gasteiger partial charge is 0.224 e. The van der Waals surface area contributed by atoms with Gasteiger partial charge in [0.15, 0.2) is 5.65 Å². The second-order valence-electron chi connectivity index (χ2n) is 8.53. The molecule has 0 bridgehead atoms. The minimum absolute atomic E-state index is 0.0328. The zero-order chi connectivity index (χ0) is 20.3. The summed E-state index contributed by atoms with van der Waals surface area (Å²) in [6, 6.07) is 4.25. The van der Waals surface area contributed by atoms with E-state index in [1.54, 1.807) is 10.8 Å². The molecule has 5 heterocycles. The Bertz CT molecular complexity index is 1270. The molecule has 0 radical (unpaired) electrons. The van der Waals surface area contributed by atoms with E-state index in [0.29, 0.717) is 12.4 Å². The van der Waals surface area contributed by atoms with E-state index in [-0.39, 0.29) is 17.5 Å². The number of carbonyl (C=O) groups is 1. The quantitative estimate of drug-likeness (QED) is 0.544. The number of nitrogens with one attached hydrogen (secondary N) is 2. The van der Waals surface area contributed by atoms with Crippen LogP contribution in [0.4, 0.5) is 5.95 Å². The number of likely N-dealkylation sites (tertiary alicyclic amines) is 1. The Balaban J connectivity index is 1.20. The van der Waals surface area contributed by atoms with Gasteiger partial charge >= 0.3 is 0 Å². The zero-order valence-corrected chi connectivity index (χ0v) is 16.7. The number of carbonyl (C=O) groups excluding carboxylic acids is 1. The van der Waals surface area contributed by atoms with Crippen LogP contribution in [0.25, 0.3) is 27.8 Å². The minimum Gasteiger partial charge on any atom is -0.351 e. The number of hydrogen-bond donors (Lipinski definition) is 2. The SMILES string of the molecule is CC1(N2CCCC2=O)CC(Nc2ncc3c(-c4ccc5ncnn5c4)c[nH]c3n2)C1. The van der Waals surface area contributed by atoms with Crippen molar-refractivity contribution in [2.75, 3.05) is 11.9 Å². The standard InChI is InChI=1S/C21H22N8O/c1-21(28-6-2-3-18(28)30)7-14(8-21)26-20-23-10-16-15(9-22-19(16)27-20)13-4-5-17-24-12-25-29(17)11-13/h4-5,9-12,14H,2-3,6-8H2,1H3,(H2,22,23,26,27). The summed E-state index contributed by atoms with van der Waals surface area (Å²) in [6.45, 7) is 3.07. The summed E-state index contributed by atoms with van der Waals surface area (Å²) in [5.41, 5.74) is 3.61. The van der Waals surface area contributed by atoms with Gasteiger partial charge in [0.05, 0.1) is 0 Å². The molecule has 1 aliphatic heterocycles. The van der Waals surface area contributed by atoms with Gasteiger partial charge in [-0.25, -0.2) is 14.5 Å². The van der Waals surface area contributed by atoms with E-state index < -0.39 is 0 Å². The molecular weight excluding hydrogens is 380 g/mol. The molecule has 152 valence electrons. The van der Waals surface area contributed by atoms with Crippen LogP contribution in [-0.4, -0.2) is 58.5 Å². The van der Waals surface area contributed by atoms with Gasteiger partial charge in [0.1, 0.15) is 12.0 Å². The predicted octanol–water partition coefficient (Wildman–Crippen LogP) is 2.62. The van der Waals surface area contributed by atoms with Gasteiger partial charge in [0, 0.05) is 59.7 Å². The average Bonchev–Trinajstić information content (AvgIpc) is 3.44. The molecule has 9 heteroatoms. The van der Waals surface area contributed by atoms with Crippen LogP contribution in [0, 0.1) is 0 Å². The van der Waals surface area contributed by atoms with Gasteiger partial charge < -0.3 is 15.2 Å². The predicted molar refractivity (Wildman–Crippen MR) is 112 cm³/mol. The van der Waals surface area contributed by atoms with E-state index >= 15 is 0 Å². The number of hydrogen-bond acceptors (Lipinski definition) is 6. The van der Waals surface area contributed by atoms with Crippen LogP contribution in [0.3, 0.4) is 0 Å². The van der Waals surface area contributed by atoms with Crippen LogP contribution < -0.4 is 5.32 Å². The van der Waals surface area contributed by atoms with E-state index in [1.165, 1.54) is 0 Å². The minimum atomic E-state index is -0.0328. The lowest BCUT2D eigenvalue weighted by Gasteiger charge is -2.51. The molecule has 0 unspecified atom stereocenters. The summed E-state index contributed by atoms with van der Waals surface area (Å²) in [6.07, 6.45) is 10.8. The topological polar surface area (TPSA) is 104 Å². The molecule has 1 saturated heterocycles. The Morgan fingerprint density at radius 1 is 1.27 bits per heavy atom. The molecule has 1 saturated carbocycles. The van der Waals surface area contributed by atoms with Crippen LogP contribution in [-0.2, 0) is 4.79 Å². The molecule has 4 aromatic heterocycles. The molecule has 2 N–H and O–H groups in total. The van der Waals surface area contributed by atoms with Gasteiger partial charge in [0.2, 0.25) is 11.9 Å². The number of rotatable bonds is 4. The fourth-order valence-corrected chi connectivity index (χ4v) is 4.92. The summed E-state index contributed by atoms with van der Waals surface area (Å²) < 4.78 is 1.75. The highest BCUT2D eigenvalue weighted by atomic mass is 16.2. The molecule has 30 heavy (non-hydrogen) atoms. The third kappa shape index (κ3) is 2.65. The number of pyridine rings is 1. The average molecular weight is 402 g/mol. The first kappa shape index (κ1) is 17.4. The summed E-state index contributed by atoms with van der Waals surface area (Å²) >= 11 is 0. The van der Waals surface area contributed by atoms with Crippen molar-refractivity contribution >= 4 is 28.5 Å². The van der Waals surface area contributed by atoms with E-state index in [2.05, 4.69) is 42.2 Å². The largest absolute Gasteiger partial charge is 0.351 e. The van der Waals surface area contributed by atoms with Gasteiger partial charge in [-0.1, -0.05) is 0 Å². The van der Waals surface area contributed by atoms with Crippen LogP contribution in [0.1, 0.15) is 32.6 Å². The highest BCUT2D eigenvalue weighted by Crippen LogP contribution is 2.41. The highest BCUT2D eigenvalue weighted by molar-refractivity contribution is 5.93. The number of H-pyrrole nitrogens is 1. The van der Waals surface area contributed by atoms with Crippen molar-refractivity contribution in [2.45, 2.75) is 44.2 Å². The Morgan fingerprint density at radius 2 is 2.17 bits per heavy atom. The van der Waals surface area contributed by atoms with Crippen molar-refractivity contribution in [1.29, 1.82) is 0 Å². The summed E-state index contributed by atoms with van der Waals surface area (Å²) in [4.78, 5) is 30.8. The first-order valence-electron chi connectivity index (χ1n) is 10.3. The lowest BCUT2D eigenvalue weighted by atomic mass is 9.73. The second kappa shape index (κ2) is 6.25. The van der Waals surface area contributed by atoms with E-state index in [4.69, 9.17) is 0 Å². The fraction of sp³-hybridized carbons (Fsp3) is 0.381. The van der Waals surface area contributed by atoms with Crippen molar-refractivity contribution in [3.63, 3.8) is 0 Å². The van der Waals surface area contributed by atoms with Crippen molar-refractivity contribution in [2.24, 2.45) is 0 Å². The van der Waals surface area contributed by atoms with Gasteiger partial charge in [-0.3, -0.25) is 4.79 Å². The lowest BCUT2D eigenvalue weighted by molar-refractivity contribution is -0.136. The second-order valence-corrected chi connectivity index (χ2v) is 8.53. The molecule has 2 aliphatic rings. The number of aromatic amines is 1. The van der Waals surface area contributed by atoms with Crippen molar-refractivity contribution in [3.05, 3.63) is 37.1 Å². The van der Waals surface area contributed by atoms with E-state index in [0.717, 1.165) is 53.6 Å². The fourth-order valence-electron chi connectivity index (χ4n) is 4.92. The van der Waals surface area contributed by atoms with E-state index in [9.17, 15) is 4.79 Å². The van der Waals surface area contributed by atoms with E-state index in [1.807, 2.05) is 30.7 Å². The highest BCUT2D eigenvalue weighted by Gasteiger charge is 2.48. The van der Waals surface area contributed by atoms with Gasteiger partial charge in [-0.05, 0) is 38.3 Å². The molecule has 0 aromatic carbocycles. The maximum atomic E-state index is 12.1. The first-order chi connectivity index (χ1) is 14.6. The number of amides is 1. The normalized spacial score (nSPS) is 24.0. The van der Waals surface area contributed by atoms with Gasteiger partial charge in [-0.2, -0.15) is 10.1 Å². The summed E-state index contributed by atoms with van der Waals surface area (Å²) in [7, 11) is 0. The maximum Gasteiger partial charge on any atom is 0.224 e. The van der Waals surface area contributed by atoms with Crippen molar-refractivity contribution < 1.29 is 4.79 Å². The molecular formula is C21H22N8O. The molecule has 1 aliphatic carbocycles. The Labute approximate surface area is 172 Å². The molecule has 0 atom stereocenters. The van der Waals surface area contributed by atoms with Gasteiger partial charge in [0.25, 0.3) is 0 Å². The monoisotopic (exact) mass is 402 g/mol. The van der Waals surface area contributed by atoms with Crippen LogP contribution >= 0.6 is 0 Å². The molecule has 0 spiro atoms.